The van der Waals surface area contributed by atoms with E-state index in [1.54, 1.807) is 12.1 Å². The highest BCUT2D eigenvalue weighted by atomic mass is 32.2. The number of fused-ring (bicyclic) bond motifs is 1. The smallest absolute Gasteiger partial charge is 0.315 e. The van der Waals surface area contributed by atoms with Gasteiger partial charge in [-0.15, -0.1) is 0 Å². The number of hydrogen-bond acceptors (Lipinski definition) is 5. The molecule has 3 aromatic rings. The Morgan fingerprint density at radius 3 is 2.48 bits per heavy atom. The van der Waals surface area contributed by atoms with E-state index >= 15 is 0 Å². The summed E-state index contributed by atoms with van der Waals surface area (Å²) in [5.41, 5.74) is 1.27. The Kier molecular flexibility index (Phi) is 3.53. The highest BCUT2D eigenvalue weighted by Crippen LogP contribution is 2.30. The Labute approximate surface area is 131 Å². The summed E-state index contributed by atoms with van der Waals surface area (Å²) in [6, 6.07) is 10.7. The number of hydrogen-bond donors (Lipinski definition) is 1. The fourth-order valence-corrected chi connectivity index (χ4v) is 3.20. The zero-order valence-electron chi connectivity index (χ0n) is 12.0. The molecule has 0 aliphatic carbocycles. The number of nitrogens with one attached hydrogen (secondary N) is 1. The number of aryl methyl sites for hydroxylation is 1. The molecular formula is C15H12N2O5S. The normalized spacial score (nSPS) is 11.5. The van der Waals surface area contributed by atoms with Gasteiger partial charge in [0, 0.05) is 5.69 Å². The van der Waals surface area contributed by atoms with Crippen molar-refractivity contribution in [2.75, 3.05) is 4.72 Å². The Bertz CT molecular complexity index is 990. The first kappa shape index (κ1) is 15.0. The van der Waals surface area contributed by atoms with Crippen molar-refractivity contribution in [1.82, 2.24) is 0 Å². The lowest BCUT2D eigenvalue weighted by atomic mass is 10.2. The van der Waals surface area contributed by atoms with Crippen LogP contribution in [-0.2, 0) is 10.0 Å². The van der Waals surface area contributed by atoms with Crippen LogP contribution in [0.4, 0.5) is 11.4 Å². The second-order valence-corrected chi connectivity index (χ2v) is 6.69. The monoisotopic (exact) mass is 332 g/mol. The molecule has 0 aliphatic rings. The molecule has 0 unspecified atom stereocenters. The fraction of sp³-hybridized carbons (Fsp3) is 0.0667. The zero-order chi connectivity index (χ0) is 16.6. The fourth-order valence-electron chi connectivity index (χ4n) is 2.15. The number of sulfonamides is 1. The van der Waals surface area contributed by atoms with Gasteiger partial charge < -0.3 is 4.42 Å². The van der Waals surface area contributed by atoms with E-state index in [2.05, 4.69) is 4.72 Å². The third-order valence-corrected chi connectivity index (χ3v) is 4.73. The van der Waals surface area contributed by atoms with Gasteiger partial charge in [-0.25, -0.2) is 8.42 Å². The van der Waals surface area contributed by atoms with Crippen molar-refractivity contribution in [3.63, 3.8) is 0 Å². The van der Waals surface area contributed by atoms with E-state index in [1.165, 1.54) is 30.3 Å². The number of anilines is 1. The highest BCUT2D eigenvalue weighted by molar-refractivity contribution is 7.92. The number of benzene rings is 2. The van der Waals surface area contributed by atoms with Crippen molar-refractivity contribution in [2.24, 2.45) is 0 Å². The molecule has 0 fully saturated rings. The maximum Gasteiger partial charge on any atom is 0.315 e. The second kappa shape index (κ2) is 5.40. The van der Waals surface area contributed by atoms with Gasteiger partial charge in [0.05, 0.1) is 9.82 Å². The molecule has 23 heavy (non-hydrogen) atoms. The van der Waals surface area contributed by atoms with Crippen LogP contribution in [-0.4, -0.2) is 13.3 Å². The molecule has 118 valence electrons. The average molecular weight is 332 g/mol. The van der Waals surface area contributed by atoms with E-state index in [1.807, 2.05) is 6.92 Å². The van der Waals surface area contributed by atoms with Crippen LogP contribution >= 0.6 is 0 Å². The second-order valence-electron chi connectivity index (χ2n) is 5.01. The molecule has 1 aromatic heterocycles. The largest absolute Gasteiger partial charge is 0.457 e. The van der Waals surface area contributed by atoms with Crippen LogP contribution in [0.5, 0.6) is 0 Å². The van der Waals surface area contributed by atoms with Gasteiger partial charge >= 0.3 is 5.69 Å². The molecule has 0 saturated heterocycles. The van der Waals surface area contributed by atoms with Gasteiger partial charge in [-0.1, -0.05) is 17.7 Å². The maximum atomic E-state index is 12.3. The minimum Gasteiger partial charge on any atom is -0.457 e. The van der Waals surface area contributed by atoms with Crippen molar-refractivity contribution in [1.29, 1.82) is 0 Å². The standard InChI is InChI=1S/C15H12N2O5S/c1-10-2-5-12(6-3-10)23(20,21)16-11-4-7-15-13(8-11)14(9-22-15)17(18)19/h2-9,16H,1H3. The average Bonchev–Trinajstić information content (AvgIpc) is 2.90. The van der Waals surface area contributed by atoms with Gasteiger partial charge in [-0.3, -0.25) is 14.8 Å². The maximum absolute atomic E-state index is 12.3. The van der Waals surface area contributed by atoms with E-state index in [-0.39, 0.29) is 21.7 Å². The molecule has 7 nitrogen and oxygen atoms in total. The predicted molar refractivity (Wildman–Crippen MR) is 84.9 cm³/mol. The van der Waals surface area contributed by atoms with Crippen LogP contribution in [0.15, 0.2) is 58.0 Å². The molecule has 1 heterocycles. The van der Waals surface area contributed by atoms with Crippen LogP contribution < -0.4 is 4.72 Å². The molecular weight excluding hydrogens is 320 g/mol. The molecule has 0 saturated carbocycles. The number of nitro groups is 1. The molecule has 8 heteroatoms. The lowest BCUT2D eigenvalue weighted by Crippen LogP contribution is -2.12. The quantitative estimate of drug-likeness (QED) is 0.582. The van der Waals surface area contributed by atoms with Crippen molar-refractivity contribution in [3.05, 3.63) is 64.4 Å². The highest BCUT2D eigenvalue weighted by Gasteiger charge is 2.18. The van der Waals surface area contributed by atoms with Crippen molar-refractivity contribution in [2.45, 2.75) is 11.8 Å². The van der Waals surface area contributed by atoms with Gasteiger partial charge in [-0.2, -0.15) is 0 Å². The molecule has 0 radical (unpaired) electrons. The van der Waals surface area contributed by atoms with E-state index in [0.29, 0.717) is 5.58 Å². The molecule has 0 aliphatic heterocycles. The summed E-state index contributed by atoms with van der Waals surface area (Å²) in [5, 5.41) is 11.2. The third-order valence-electron chi connectivity index (χ3n) is 3.33. The minimum absolute atomic E-state index is 0.116. The molecule has 0 atom stereocenters. The van der Waals surface area contributed by atoms with E-state index < -0.39 is 14.9 Å². The van der Waals surface area contributed by atoms with Crippen molar-refractivity contribution < 1.29 is 17.8 Å². The minimum atomic E-state index is -3.77. The Morgan fingerprint density at radius 1 is 1.13 bits per heavy atom. The number of furan rings is 1. The summed E-state index contributed by atoms with van der Waals surface area (Å²) in [6.07, 6.45) is 1.03. The Balaban J connectivity index is 1.99. The SMILES string of the molecule is Cc1ccc(S(=O)(=O)Nc2ccc3occ([N+](=O)[O-])c3c2)cc1. The van der Waals surface area contributed by atoms with E-state index in [0.717, 1.165) is 11.8 Å². The number of rotatable bonds is 4. The van der Waals surface area contributed by atoms with Gasteiger partial charge in [0.15, 0.2) is 6.26 Å². The molecule has 0 spiro atoms. The number of nitrogens with zero attached hydrogens (tertiary/aromatic N) is 1. The van der Waals surface area contributed by atoms with Crippen LogP contribution in [0.25, 0.3) is 11.0 Å². The lowest BCUT2D eigenvalue weighted by Gasteiger charge is -2.08. The predicted octanol–water partition coefficient (Wildman–Crippen LogP) is 3.45. The van der Waals surface area contributed by atoms with Gasteiger partial charge in [0.25, 0.3) is 10.0 Å². The topological polar surface area (TPSA) is 102 Å². The molecule has 0 amide bonds. The lowest BCUT2D eigenvalue weighted by molar-refractivity contribution is -0.383. The third kappa shape index (κ3) is 2.88. The van der Waals surface area contributed by atoms with Crippen LogP contribution in [0.3, 0.4) is 0 Å². The summed E-state index contributed by atoms with van der Waals surface area (Å²) in [4.78, 5) is 10.5. The van der Waals surface area contributed by atoms with Crippen LogP contribution in [0.2, 0.25) is 0 Å². The molecule has 1 N–H and O–H groups in total. The summed E-state index contributed by atoms with van der Waals surface area (Å²) in [6.45, 7) is 1.86. The van der Waals surface area contributed by atoms with Crippen LogP contribution in [0, 0.1) is 17.0 Å². The molecule has 0 bridgehead atoms. The van der Waals surface area contributed by atoms with Gasteiger partial charge in [0.2, 0.25) is 0 Å². The van der Waals surface area contributed by atoms with Gasteiger partial charge in [0.1, 0.15) is 11.0 Å². The first-order valence-electron chi connectivity index (χ1n) is 6.62. The summed E-state index contributed by atoms with van der Waals surface area (Å²) in [7, 11) is -3.77. The Morgan fingerprint density at radius 2 is 1.83 bits per heavy atom. The summed E-state index contributed by atoms with van der Waals surface area (Å²) in [5.74, 6) is 0. The van der Waals surface area contributed by atoms with Gasteiger partial charge in [-0.05, 0) is 37.3 Å². The molecule has 3 rings (SSSR count). The van der Waals surface area contributed by atoms with E-state index in [4.69, 9.17) is 4.42 Å². The van der Waals surface area contributed by atoms with Crippen molar-refractivity contribution >= 4 is 32.4 Å². The van der Waals surface area contributed by atoms with Crippen LogP contribution in [0.1, 0.15) is 5.56 Å². The molecule has 2 aromatic carbocycles. The summed E-state index contributed by atoms with van der Waals surface area (Å²) < 4.78 is 32.2. The van der Waals surface area contributed by atoms with E-state index in [9.17, 15) is 18.5 Å². The first-order chi connectivity index (χ1) is 10.9. The zero-order valence-corrected chi connectivity index (χ0v) is 12.8. The van der Waals surface area contributed by atoms with Crippen molar-refractivity contribution in [3.8, 4) is 0 Å². The Hall–Kier alpha value is -2.87. The summed E-state index contributed by atoms with van der Waals surface area (Å²) >= 11 is 0. The first-order valence-corrected chi connectivity index (χ1v) is 8.10.